The smallest absolute Gasteiger partial charge is 0.261 e. The summed E-state index contributed by atoms with van der Waals surface area (Å²) in [6.45, 7) is 5.65. The van der Waals surface area contributed by atoms with E-state index < -0.39 is 6.10 Å². The van der Waals surface area contributed by atoms with Crippen molar-refractivity contribution < 1.29 is 19.0 Å². The van der Waals surface area contributed by atoms with E-state index >= 15 is 0 Å². The molecule has 0 saturated carbocycles. The van der Waals surface area contributed by atoms with Gasteiger partial charge in [0, 0.05) is 0 Å². The first-order valence-corrected chi connectivity index (χ1v) is 8.20. The van der Waals surface area contributed by atoms with Gasteiger partial charge in [-0.05, 0) is 50.6 Å². The van der Waals surface area contributed by atoms with Crippen molar-refractivity contribution in [3.05, 3.63) is 53.6 Å². The molecular weight excluding hydrogens is 318 g/mol. The molecule has 0 unspecified atom stereocenters. The molecule has 0 aromatic heterocycles. The highest BCUT2D eigenvalue weighted by atomic mass is 16.5. The van der Waals surface area contributed by atoms with Crippen LogP contribution in [0, 0.1) is 6.92 Å². The van der Waals surface area contributed by atoms with Crippen molar-refractivity contribution >= 4 is 5.91 Å². The van der Waals surface area contributed by atoms with E-state index in [4.69, 9.17) is 14.2 Å². The van der Waals surface area contributed by atoms with Crippen molar-refractivity contribution in [1.82, 2.24) is 5.32 Å². The van der Waals surface area contributed by atoms with Crippen molar-refractivity contribution in [1.29, 1.82) is 0 Å². The normalized spacial score (nSPS) is 12.8. The molecule has 25 heavy (non-hydrogen) atoms. The molecule has 0 bridgehead atoms. The molecule has 1 N–H and O–H groups in total. The first kappa shape index (κ1) is 18.6. The van der Waals surface area contributed by atoms with Gasteiger partial charge in [-0.15, -0.1) is 0 Å². The van der Waals surface area contributed by atoms with Crippen LogP contribution < -0.4 is 19.5 Å². The fraction of sp³-hybridized carbons (Fsp3) is 0.350. The van der Waals surface area contributed by atoms with Crippen LogP contribution in [0.25, 0.3) is 0 Å². The lowest BCUT2D eigenvalue weighted by Crippen LogP contribution is -2.37. The molecule has 1 amide bonds. The highest BCUT2D eigenvalue weighted by Crippen LogP contribution is 2.29. The highest BCUT2D eigenvalue weighted by molar-refractivity contribution is 5.81. The molecule has 2 aromatic rings. The van der Waals surface area contributed by atoms with Gasteiger partial charge >= 0.3 is 0 Å². The van der Waals surface area contributed by atoms with Gasteiger partial charge in [0.1, 0.15) is 5.75 Å². The molecule has 0 aliphatic rings. The zero-order chi connectivity index (χ0) is 18.4. The summed E-state index contributed by atoms with van der Waals surface area (Å²) in [6, 6.07) is 13.0. The zero-order valence-corrected chi connectivity index (χ0v) is 15.3. The maximum atomic E-state index is 12.4. The van der Waals surface area contributed by atoms with E-state index in [1.165, 1.54) is 0 Å². The van der Waals surface area contributed by atoms with Gasteiger partial charge in [0.2, 0.25) is 0 Å². The molecule has 0 saturated heterocycles. The lowest BCUT2D eigenvalue weighted by atomic mass is 10.1. The predicted molar refractivity (Wildman–Crippen MR) is 97.4 cm³/mol. The number of aryl methyl sites for hydroxylation is 1. The fourth-order valence-corrected chi connectivity index (χ4v) is 2.41. The van der Waals surface area contributed by atoms with E-state index in [0.717, 1.165) is 11.1 Å². The molecule has 0 fully saturated rings. The minimum Gasteiger partial charge on any atom is -0.493 e. The second kappa shape index (κ2) is 8.42. The van der Waals surface area contributed by atoms with Crippen molar-refractivity contribution in [2.45, 2.75) is 32.9 Å². The fourth-order valence-electron chi connectivity index (χ4n) is 2.41. The summed E-state index contributed by atoms with van der Waals surface area (Å²) in [6.07, 6.45) is -0.592. The minimum atomic E-state index is -0.592. The van der Waals surface area contributed by atoms with Crippen LogP contribution in [0.4, 0.5) is 0 Å². The lowest BCUT2D eigenvalue weighted by molar-refractivity contribution is -0.127. The van der Waals surface area contributed by atoms with E-state index in [0.29, 0.717) is 17.2 Å². The van der Waals surface area contributed by atoms with Crippen molar-refractivity contribution in [2.24, 2.45) is 0 Å². The second-order valence-electron chi connectivity index (χ2n) is 5.92. The monoisotopic (exact) mass is 343 g/mol. The maximum Gasteiger partial charge on any atom is 0.261 e. The van der Waals surface area contributed by atoms with Gasteiger partial charge in [-0.2, -0.15) is 0 Å². The summed E-state index contributed by atoms with van der Waals surface area (Å²) in [5.41, 5.74) is 2.07. The molecule has 2 atom stereocenters. The van der Waals surface area contributed by atoms with E-state index in [2.05, 4.69) is 5.32 Å². The van der Waals surface area contributed by atoms with Gasteiger partial charge in [-0.25, -0.2) is 0 Å². The van der Waals surface area contributed by atoms with E-state index in [1.807, 2.05) is 56.3 Å². The number of carbonyl (C=O) groups excluding carboxylic acids is 1. The Hall–Kier alpha value is -2.69. The Kier molecular flexibility index (Phi) is 6.28. The van der Waals surface area contributed by atoms with E-state index in [1.54, 1.807) is 21.1 Å². The Morgan fingerprint density at radius 3 is 2.20 bits per heavy atom. The van der Waals surface area contributed by atoms with Crippen LogP contribution in [-0.4, -0.2) is 26.2 Å². The molecule has 0 heterocycles. The van der Waals surface area contributed by atoms with Gasteiger partial charge in [0.25, 0.3) is 5.91 Å². The van der Waals surface area contributed by atoms with Crippen LogP contribution >= 0.6 is 0 Å². The molecule has 5 heteroatoms. The summed E-state index contributed by atoms with van der Waals surface area (Å²) in [5.74, 6) is 1.78. The number of ether oxygens (including phenoxy) is 3. The summed E-state index contributed by atoms with van der Waals surface area (Å²) >= 11 is 0. The molecule has 134 valence electrons. The topological polar surface area (TPSA) is 56.8 Å². The molecule has 0 aliphatic heterocycles. The summed E-state index contributed by atoms with van der Waals surface area (Å²) in [7, 11) is 3.18. The van der Waals surface area contributed by atoms with Crippen LogP contribution in [0.3, 0.4) is 0 Å². The average molecular weight is 343 g/mol. The Labute approximate surface area is 148 Å². The predicted octanol–water partition coefficient (Wildman–Crippen LogP) is 3.66. The zero-order valence-electron chi connectivity index (χ0n) is 15.3. The average Bonchev–Trinajstić information content (AvgIpc) is 2.62. The van der Waals surface area contributed by atoms with Gasteiger partial charge in [-0.3, -0.25) is 4.79 Å². The maximum absolute atomic E-state index is 12.4. The molecule has 0 radical (unpaired) electrons. The number of nitrogens with one attached hydrogen (secondary N) is 1. The Morgan fingerprint density at radius 2 is 1.60 bits per heavy atom. The molecule has 5 nitrogen and oxygen atoms in total. The third kappa shape index (κ3) is 4.89. The van der Waals surface area contributed by atoms with Gasteiger partial charge in [0.05, 0.1) is 20.3 Å². The van der Waals surface area contributed by atoms with Crippen LogP contribution in [0.2, 0.25) is 0 Å². The second-order valence-corrected chi connectivity index (χ2v) is 5.92. The number of hydrogen-bond acceptors (Lipinski definition) is 4. The number of methoxy groups -OCH3 is 2. The van der Waals surface area contributed by atoms with Gasteiger partial charge < -0.3 is 19.5 Å². The minimum absolute atomic E-state index is 0.178. The number of rotatable bonds is 7. The quantitative estimate of drug-likeness (QED) is 0.834. The summed E-state index contributed by atoms with van der Waals surface area (Å²) in [5, 5.41) is 2.96. The van der Waals surface area contributed by atoms with Gasteiger partial charge in [-0.1, -0.05) is 23.8 Å². The van der Waals surface area contributed by atoms with Gasteiger partial charge in [0.15, 0.2) is 17.6 Å². The number of benzene rings is 2. The number of amides is 1. The third-order valence-electron chi connectivity index (χ3n) is 3.97. The Balaban J connectivity index is 2.00. The summed E-state index contributed by atoms with van der Waals surface area (Å²) in [4.78, 5) is 12.4. The lowest BCUT2D eigenvalue weighted by Gasteiger charge is -2.20. The summed E-state index contributed by atoms with van der Waals surface area (Å²) < 4.78 is 16.2. The molecule has 2 rings (SSSR count). The standard InChI is InChI=1S/C20H25NO4/c1-13-6-9-17(10-7-13)25-15(3)20(22)21-14(2)16-8-11-18(23-4)19(12-16)24-5/h6-12,14-15H,1-5H3,(H,21,22)/t14-,15-/m0/s1. The SMILES string of the molecule is COc1ccc([C@H](C)NC(=O)[C@H](C)Oc2ccc(C)cc2)cc1OC. The van der Waals surface area contributed by atoms with Crippen molar-refractivity contribution in [3.63, 3.8) is 0 Å². The Bertz CT molecular complexity index is 712. The largest absolute Gasteiger partial charge is 0.493 e. The third-order valence-corrected chi connectivity index (χ3v) is 3.97. The number of carbonyl (C=O) groups is 1. The molecule has 0 aliphatic carbocycles. The van der Waals surface area contributed by atoms with Crippen LogP contribution in [0.5, 0.6) is 17.2 Å². The Morgan fingerprint density at radius 1 is 0.960 bits per heavy atom. The van der Waals surface area contributed by atoms with Crippen molar-refractivity contribution in [3.8, 4) is 17.2 Å². The van der Waals surface area contributed by atoms with E-state index in [9.17, 15) is 4.79 Å². The molecule has 2 aromatic carbocycles. The first-order chi connectivity index (χ1) is 11.9. The number of hydrogen-bond donors (Lipinski definition) is 1. The molecular formula is C20H25NO4. The highest BCUT2D eigenvalue weighted by Gasteiger charge is 2.18. The van der Waals surface area contributed by atoms with Crippen LogP contribution in [0.1, 0.15) is 31.0 Å². The van der Waals surface area contributed by atoms with Crippen LogP contribution in [0.15, 0.2) is 42.5 Å². The molecule has 0 spiro atoms. The van der Waals surface area contributed by atoms with Crippen molar-refractivity contribution in [2.75, 3.05) is 14.2 Å². The first-order valence-electron chi connectivity index (χ1n) is 8.20. The van der Waals surface area contributed by atoms with Crippen LogP contribution in [-0.2, 0) is 4.79 Å². The van der Waals surface area contributed by atoms with E-state index in [-0.39, 0.29) is 11.9 Å².